The van der Waals surface area contributed by atoms with Gasteiger partial charge in [-0.1, -0.05) is 29.8 Å². The zero-order valence-electron chi connectivity index (χ0n) is 14.9. The number of amides is 2. The van der Waals surface area contributed by atoms with Gasteiger partial charge in [-0.15, -0.1) is 0 Å². The predicted octanol–water partition coefficient (Wildman–Crippen LogP) is 2.54. The Balaban J connectivity index is 1.72. The first-order valence-electron chi connectivity index (χ1n) is 8.24. The van der Waals surface area contributed by atoms with Crippen molar-refractivity contribution in [1.82, 2.24) is 5.32 Å². The first kappa shape index (κ1) is 21.2. The lowest BCUT2D eigenvalue weighted by molar-refractivity contribution is -0.150. The van der Waals surface area contributed by atoms with E-state index in [0.717, 1.165) is 6.07 Å². The molecule has 2 aromatic carbocycles. The van der Waals surface area contributed by atoms with Crippen molar-refractivity contribution in [2.24, 2.45) is 0 Å². The van der Waals surface area contributed by atoms with E-state index >= 15 is 0 Å². The number of esters is 1. The van der Waals surface area contributed by atoms with Crippen molar-refractivity contribution in [3.8, 4) is 5.75 Å². The minimum atomic E-state index is -0.994. The van der Waals surface area contributed by atoms with E-state index in [1.807, 2.05) is 6.07 Å². The lowest BCUT2D eigenvalue weighted by Crippen LogP contribution is -2.42. The minimum Gasteiger partial charge on any atom is -0.484 e. The van der Waals surface area contributed by atoms with E-state index < -0.39 is 36.2 Å². The number of nitrogens with one attached hydrogen (secondary N) is 2. The average Bonchev–Trinajstić information content (AvgIpc) is 2.67. The van der Waals surface area contributed by atoms with Crippen LogP contribution in [-0.2, 0) is 19.1 Å². The molecular formula is C19H18ClFN2O5. The third-order valence-corrected chi connectivity index (χ3v) is 3.63. The fraction of sp³-hybridized carbons (Fsp3) is 0.211. The highest BCUT2D eigenvalue weighted by atomic mass is 35.5. The van der Waals surface area contributed by atoms with Crippen LogP contribution in [0.1, 0.15) is 6.92 Å². The van der Waals surface area contributed by atoms with E-state index in [9.17, 15) is 18.8 Å². The van der Waals surface area contributed by atoms with Gasteiger partial charge < -0.3 is 20.1 Å². The Morgan fingerprint density at radius 1 is 1.07 bits per heavy atom. The third-order valence-electron chi connectivity index (χ3n) is 3.39. The predicted molar refractivity (Wildman–Crippen MR) is 101 cm³/mol. The number of anilines is 1. The zero-order valence-corrected chi connectivity index (χ0v) is 15.7. The molecule has 9 heteroatoms. The molecule has 0 bridgehead atoms. The highest BCUT2D eigenvalue weighted by molar-refractivity contribution is 6.30. The van der Waals surface area contributed by atoms with E-state index in [0.29, 0.717) is 5.75 Å². The van der Waals surface area contributed by atoms with Crippen molar-refractivity contribution in [1.29, 1.82) is 0 Å². The molecule has 2 rings (SSSR count). The maximum atomic E-state index is 13.6. The van der Waals surface area contributed by atoms with Crippen molar-refractivity contribution < 1.29 is 28.2 Å². The molecule has 2 amide bonds. The molecule has 148 valence electrons. The van der Waals surface area contributed by atoms with Gasteiger partial charge >= 0.3 is 5.97 Å². The van der Waals surface area contributed by atoms with Gasteiger partial charge in [-0.2, -0.15) is 0 Å². The maximum Gasteiger partial charge on any atom is 0.328 e. The highest BCUT2D eigenvalue weighted by Crippen LogP contribution is 2.18. The second-order valence-electron chi connectivity index (χ2n) is 5.67. The second-order valence-corrected chi connectivity index (χ2v) is 6.11. The molecule has 2 aromatic rings. The fourth-order valence-electron chi connectivity index (χ4n) is 2.05. The molecule has 28 heavy (non-hydrogen) atoms. The van der Waals surface area contributed by atoms with Gasteiger partial charge in [0.25, 0.3) is 11.8 Å². The van der Waals surface area contributed by atoms with E-state index in [1.54, 1.807) is 24.3 Å². The summed E-state index contributed by atoms with van der Waals surface area (Å²) in [5.74, 6) is -2.29. The molecule has 0 aliphatic carbocycles. The normalized spacial score (nSPS) is 11.2. The van der Waals surface area contributed by atoms with Crippen molar-refractivity contribution in [3.63, 3.8) is 0 Å². The number of para-hydroxylation sites is 1. The number of hydrogen-bond donors (Lipinski definition) is 2. The van der Waals surface area contributed by atoms with Gasteiger partial charge in [0, 0.05) is 5.02 Å². The number of hydrogen-bond acceptors (Lipinski definition) is 5. The Kier molecular flexibility index (Phi) is 7.76. The highest BCUT2D eigenvalue weighted by Gasteiger charge is 2.19. The lowest BCUT2D eigenvalue weighted by Gasteiger charge is -2.14. The van der Waals surface area contributed by atoms with Gasteiger partial charge in [0.2, 0.25) is 0 Å². The SMILES string of the molecule is C[C@H](NC(=O)COc1ccccc1)C(=O)OCC(=O)Nc1ccc(Cl)cc1F. The summed E-state index contributed by atoms with van der Waals surface area (Å²) in [4.78, 5) is 35.4. The summed E-state index contributed by atoms with van der Waals surface area (Å²) < 4.78 is 23.7. The molecule has 0 fully saturated rings. The number of halogens is 2. The monoisotopic (exact) mass is 408 g/mol. The Morgan fingerprint density at radius 2 is 1.79 bits per heavy atom. The number of carbonyl (C=O) groups is 3. The van der Waals surface area contributed by atoms with Crippen LogP contribution in [0.15, 0.2) is 48.5 Å². The molecule has 0 radical (unpaired) electrons. The Morgan fingerprint density at radius 3 is 2.46 bits per heavy atom. The van der Waals surface area contributed by atoms with Crippen LogP contribution in [0.4, 0.5) is 10.1 Å². The van der Waals surface area contributed by atoms with E-state index in [2.05, 4.69) is 10.6 Å². The summed E-state index contributed by atoms with van der Waals surface area (Å²) in [6.45, 7) is 0.485. The van der Waals surface area contributed by atoms with Crippen LogP contribution < -0.4 is 15.4 Å². The zero-order chi connectivity index (χ0) is 20.5. The Bertz CT molecular complexity index is 847. The largest absolute Gasteiger partial charge is 0.484 e. The molecular weight excluding hydrogens is 391 g/mol. The van der Waals surface area contributed by atoms with Crippen LogP contribution in [0.3, 0.4) is 0 Å². The summed E-state index contributed by atoms with van der Waals surface area (Å²) in [5, 5.41) is 4.83. The van der Waals surface area contributed by atoms with Crippen LogP contribution in [0.2, 0.25) is 5.02 Å². The van der Waals surface area contributed by atoms with E-state index in [-0.39, 0.29) is 17.3 Å². The second kappa shape index (κ2) is 10.3. The van der Waals surface area contributed by atoms with Crippen molar-refractivity contribution in [3.05, 3.63) is 59.4 Å². The number of benzene rings is 2. The average molecular weight is 409 g/mol. The van der Waals surface area contributed by atoms with E-state index in [1.165, 1.54) is 19.1 Å². The Labute approximate surface area is 165 Å². The molecule has 0 aliphatic heterocycles. The van der Waals surface area contributed by atoms with Gasteiger partial charge in [0.1, 0.15) is 17.6 Å². The smallest absolute Gasteiger partial charge is 0.328 e. The summed E-state index contributed by atoms with van der Waals surface area (Å²) in [7, 11) is 0. The molecule has 0 aromatic heterocycles. The molecule has 2 N–H and O–H groups in total. The molecule has 1 atom stereocenters. The van der Waals surface area contributed by atoms with Gasteiger partial charge in [0.05, 0.1) is 5.69 Å². The number of carbonyl (C=O) groups excluding carboxylic acids is 3. The Hall–Kier alpha value is -3.13. The standard InChI is InChI=1S/C19H18ClFN2O5/c1-12(22-17(24)10-27-14-5-3-2-4-6-14)19(26)28-11-18(25)23-16-8-7-13(20)9-15(16)21/h2-9,12H,10-11H2,1H3,(H,22,24)(H,23,25)/t12-/m0/s1. The topological polar surface area (TPSA) is 93.7 Å². The summed E-state index contributed by atoms with van der Waals surface area (Å²) in [5.41, 5.74) is -0.0927. The molecule has 0 heterocycles. The van der Waals surface area contributed by atoms with Gasteiger partial charge in [-0.3, -0.25) is 9.59 Å². The van der Waals surface area contributed by atoms with Crippen LogP contribution in [0, 0.1) is 5.82 Å². The van der Waals surface area contributed by atoms with Crippen molar-refractivity contribution in [2.75, 3.05) is 18.5 Å². The lowest BCUT2D eigenvalue weighted by atomic mass is 10.3. The van der Waals surface area contributed by atoms with Crippen LogP contribution in [0.5, 0.6) is 5.75 Å². The minimum absolute atomic E-state index is 0.0927. The third kappa shape index (κ3) is 6.88. The molecule has 0 saturated carbocycles. The van der Waals surface area contributed by atoms with Crippen LogP contribution >= 0.6 is 11.6 Å². The number of ether oxygens (including phenoxy) is 2. The van der Waals surface area contributed by atoms with Gasteiger partial charge in [-0.25, -0.2) is 9.18 Å². The molecule has 0 unspecified atom stereocenters. The fourth-order valence-corrected chi connectivity index (χ4v) is 2.21. The molecule has 0 spiro atoms. The quantitative estimate of drug-likeness (QED) is 0.655. The van der Waals surface area contributed by atoms with Crippen molar-refractivity contribution in [2.45, 2.75) is 13.0 Å². The van der Waals surface area contributed by atoms with Crippen LogP contribution in [-0.4, -0.2) is 37.0 Å². The maximum absolute atomic E-state index is 13.6. The summed E-state index contributed by atoms with van der Waals surface area (Å²) in [6, 6.07) is 11.4. The number of rotatable bonds is 8. The summed E-state index contributed by atoms with van der Waals surface area (Å²) in [6.07, 6.45) is 0. The van der Waals surface area contributed by atoms with Gasteiger partial charge in [0.15, 0.2) is 13.2 Å². The van der Waals surface area contributed by atoms with Crippen molar-refractivity contribution >= 4 is 35.1 Å². The molecule has 7 nitrogen and oxygen atoms in total. The van der Waals surface area contributed by atoms with Gasteiger partial charge in [-0.05, 0) is 37.3 Å². The molecule has 0 saturated heterocycles. The first-order valence-corrected chi connectivity index (χ1v) is 8.61. The summed E-state index contributed by atoms with van der Waals surface area (Å²) >= 11 is 5.62. The molecule has 0 aliphatic rings. The van der Waals surface area contributed by atoms with E-state index in [4.69, 9.17) is 21.1 Å². The van der Waals surface area contributed by atoms with Crippen LogP contribution in [0.25, 0.3) is 0 Å². The first-order chi connectivity index (χ1) is 13.3.